The maximum absolute atomic E-state index is 12.1. The summed E-state index contributed by atoms with van der Waals surface area (Å²) in [5.74, 6) is 1.57. The van der Waals surface area contributed by atoms with Gasteiger partial charge in [0.05, 0.1) is 6.61 Å². The van der Waals surface area contributed by atoms with E-state index < -0.39 is 0 Å². The van der Waals surface area contributed by atoms with Crippen molar-refractivity contribution >= 4 is 35.8 Å². The van der Waals surface area contributed by atoms with Gasteiger partial charge in [-0.15, -0.1) is 24.0 Å². The minimum atomic E-state index is 0. The van der Waals surface area contributed by atoms with Gasteiger partial charge in [-0.3, -0.25) is 9.79 Å². The van der Waals surface area contributed by atoms with Crippen LogP contribution in [0.25, 0.3) is 0 Å². The molecule has 0 radical (unpaired) electrons. The van der Waals surface area contributed by atoms with Gasteiger partial charge in [0, 0.05) is 58.9 Å². The lowest BCUT2D eigenvalue weighted by Gasteiger charge is -2.21. The van der Waals surface area contributed by atoms with Crippen molar-refractivity contribution < 1.29 is 9.53 Å². The maximum atomic E-state index is 12.1. The Morgan fingerprint density at radius 2 is 2.19 bits per heavy atom. The number of carbonyl (C=O) groups excluding carboxylic acids is 1. The molecule has 2 rings (SSSR count). The van der Waals surface area contributed by atoms with Crippen molar-refractivity contribution in [2.75, 3.05) is 54.0 Å². The Kier molecular flexibility index (Phi) is 10.7. The van der Waals surface area contributed by atoms with Crippen molar-refractivity contribution in [3.8, 4) is 0 Å². The molecule has 0 aromatic heterocycles. The number of ether oxygens (including phenoxy) is 1. The van der Waals surface area contributed by atoms with Gasteiger partial charge in [0.25, 0.3) is 5.91 Å². The third-order valence-corrected chi connectivity index (χ3v) is 4.63. The van der Waals surface area contributed by atoms with Crippen LogP contribution in [0, 0.1) is 5.92 Å². The SMILES string of the molecule is CCOCC1CCN(C(=NC)NCCc2cccc(C(=O)N(C)C)c2)C1.I. The number of halogens is 1. The van der Waals surface area contributed by atoms with Crippen molar-refractivity contribution in [1.82, 2.24) is 15.1 Å². The highest BCUT2D eigenvalue weighted by molar-refractivity contribution is 14.0. The molecule has 0 aliphatic carbocycles. The molecule has 1 saturated heterocycles. The Morgan fingerprint density at radius 1 is 1.41 bits per heavy atom. The zero-order valence-electron chi connectivity index (χ0n) is 16.9. The van der Waals surface area contributed by atoms with E-state index in [9.17, 15) is 4.79 Å². The van der Waals surface area contributed by atoms with E-state index >= 15 is 0 Å². The summed E-state index contributed by atoms with van der Waals surface area (Å²) >= 11 is 0. The molecular weight excluding hydrogens is 455 g/mol. The predicted octanol–water partition coefficient (Wildman–Crippen LogP) is 2.48. The lowest BCUT2D eigenvalue weighted by molar-refractivity contribution is 0.0827. The van der Waals surface area contributed by atoms with E-state index in [0.717, 1.165) is 62.8 Å². The lowest BCUT2D eigenvalue weighted by atomic mass is 10.1. The van der Waals surface area contributed by atoms with E-state index in [2.05, 4.69) is 21.3 Å². The van der Waals surface area contributed by atoms with Crippen LogP contribution in [0.5, 0.6) is 0 Å². The van der Waals surface area contributed by atoms with E-state index in [0.29, 0.717) is 5.92 Å². The summed E-state index contributed by atoms with van der Waals surface area (Å²) in [5, 5.41) is 3.45. The van der Waals surface area contributed by atoms with Crippen LogP contribution in [0.2, 0.25) is 0 Å². The summed E-state index contributed by atoms with van der Waals surface area (Å²) in [6, 6.07) is 7.84. The van der Waals surface area contributed by atoms with Crippen molar-refractivity contribution in [3.63, 3.8) is 0 Å². The van der Waals surface area contributed by atoms with Gasteiger partial charge in [0.15, 0.2) is 5.96 Å². The quantitative estimate of drug-likeness (QED) is 0.364. The second-order valence-corrected chi connectivity index (χ2v) is 6.88. The van der Waals surface area contributed by atoms with Gasteiger partial charge in [0.1, 0.15) is 0 Å². The minimum Gasteiger partial charge on any atom is -0.381 e. The van der Waals surface area contributed by atoms with Crippen LogP contribution >= 0.6 is 24.0 Å². The lowest BCUT2D eigenvalue weighted by Crippen LogP contribution is -2.41. The summed E-state index contributed by atoms with van der Waals surface area (Å²) in [6.45, 7) is 6.44. The van der Waals surface area contributed by atoms with E-state index in [1.54, 1.807) is 19.0 Å². The van der Waals surface area contributed by atoms with Crippen molar-refractivity contribution in [2.24, 2.45) is 10.9 Å². The Bertz CT molecular complexity index is 622. The highest BCUT2D eigenvalue weighted by Gasteiger charge is 2.24. The zero-order valence-corrected chi connectivity index (χ0v) is 19.2. The second-order valence-electron chi connectivity index (χ2n) is 6.88. The molecule has 1 aromatic carbocycles. The molecule has 1 heterocycles. The third-order valence-electron chi connectivity index (χ3n) is 4.63. The van der Waals surface area contributed by atoms with Crippen molar-refractivity contribution in [2.45, 2.75) is 19.8 Å². The fraction of sp³-hybridized carbons (Fsp3) is 0.600. The number of likely N-dealkylation sites (tertiary alicyclic amines) is 1. The second kappa shape index (κ2) is 12.2. The Balaban J connectivity index is 0.00000364. The molecule has 1 fully saturated rings. The highest BCUT2D eigenvalue weighted by Crippen LogP contribution is 2.16. The maximum Gasteiger partial charge on any atom is 0.253 e. The van der Waals surface area contributed by atoms with Crippen LogP contribution in [0.1, 0.15) is 29.3 Å². The summed E-state index contributed by atoms with van der Waals surface area (Å²) < 4.78 is 5.55. The largest absolute Gasteiger partial charge is 0.381 e. The fourth-order valence-electron chi connectivity index (χ4n) is 3.21. The zero-order chi connectivity index (χ0) is 18.9. The smallest absolute Gasteiger partial charge is 0.253 e. The molecule has 7 heteroatoms. The number of benzene rings is 1. The molecule has 1 aliphatic rings. The normalized spacial score (nSPS) is 16.8. The topological polar surface area (TPSA) is 57.2 Å². The number of guanidine groups is 1. The molecule has 1 N–H and O–H groups in total. The standard InChI is InChI=1S/C20H32N4O2.HI/c1-5-26-15-17-10-12-24(14-17)20(21-2)22-11-9-16-7-6-8-18(13-16)19(25)23(3)4;/h6-8,13,17H,5,9-12,14-15H2,1-4H3,(H,21,22);1H. The van der Waals surface area contributed by atoms with Gasteiger partial charge in [-0.2, -0.15) is 0 Å². The number of hydrogen-bond donors (Lipinski definition) is 1. The van der Waals surface area contributed by atoms with Crippen molar-refractivity contribution in [3.05, 3.63) is 35.4 Å². The molecule has 0 bridgehead atoms. The molecule has 1 atom stereocenters. The molecule has 152 valence electrons. The van der Waals surface area contributed by atoms with Gasteiger partial charge in [-0.05, 0) is 37.5 Å². The van der Waals surface area contributed by atoms with E-state index in [4.69, 9.17) is 4.74 Å². The molecule has 0 spiro atoms. The van der Waals surface area contributed by atoms with Crippen LogP contribution in [-0.2, 0) is 11.2 Å². The van der Waals surface area contributed by atoms with Crippen LogP contribution in [0.15, 0.2) is 29.3 Å². The van der Waals surface area contributed by atoms with Gasteiger partial charge in [-0.25, -0.2) is 0 Å². The Morgan fingerprint density at radius 3 is 2.85 bits per heavy atom. The van der Waals surface area contributed by atoms with Crippen molar-refractivity contribution in [1.29, 1.82) is 0 Å². The number of amides is 1. The molecule has 6 nitrogen and oxygen atoms in total. The Hall–Kier alpha value is -1.35. The average molecular weight is 488 g/mol. The third kappa shape index (κ3) is 7.29. The number of nitrogens with zero attached hydrogens (tertiary/aromatic N) is 3. The molecule has 1 amide bonds. The number of hydrogen-bond acceptors (Lipinski definition) is 3. The van der Waals surface area contributed by atoms with Crippen LogP contribution in [0.3, 0.4) is 0 Å². The van der Waals surface area contributed by atoms with E-state index in [-0.39, 0.29) is 29.9 Å². The molecule has 27 heavy (non-hydrogen) atoms. The van der Waals surface area contributed by atoms with Crippen LogP contribution < -0.4 is 5.32 Å². The highest BCUT2D eigenvalue weighted by atomic mass is 127. The van der Waals surface area contributed by atoms with E-state index in [1.807, 2.05) is 32.2 Å². The molecular formula is C20H33IN4O2. The van der Waals surface area contributed by atoms with Crippen LogP contribution in [-0.4, -0.2) is 75.7 Å². The predicted molar refractivity (Wildman–Crippen MR) is 121 cm³/mol. The van der Waals surface area contributed by atoms with Gasteiger partial charge >= 0.3 is 0 Å². The fourth-order valence-corrected chi connectivity index (χ4v) is 3.21. The number of nitrogens with one attached hydrogen (secondary N) is 1. The first-order valence-corrected chi connectivity index (χ1v) is 9.39. The van der Waals surface area contributed by atoms with Gasteiger partial charge in [0.2, 0.25) is 0 Å². The first kappa shape index (κ1) is 23.7. The summed E-state index contributed by atoms with van der Waals surface area (Å²) in [6.07, 6.45) is 2.00. The first-order valence-electron chi connectivity index (χ1n) is 9.39. The molecule has 0 saturated carbocycles. The number of aliphatic imine (C=N–C) groups is 1. The summed E-state index contributed by atoms with van der Waals surface area (Å²) in [7, 11) is 5.37. The van der Waals surface area contributed by atoms with Gasteiger partial charge in [-0.1, -0.05) is 12.1 Å². The summed E-state index contributed by atoms with van der Waals surface area (Å²) in [4.78, 5) is 20.4. The van der Waals surface area contributed by atoms with Gasteiger partial charge < -0.3 is 19.9 Å². The minimum absolute atomic E-state index is 0. The molecule has 1 unspecified atom stereocenters. The van der Waals surface area contributed by atoms with Crippen LogP contribution in [0.4, 0.5) is 0 Å². The monoisotopic (exact) mass is 488 g/mol. The number of rotatable bonds is 7. The number of carbonyl (C=O) groups is 1. The first-order chi connectivity index (χ1) is 12.5. The Labute approximate surface area is 180 Å². The molecule has 1 aromatic rings. The molecule has 1 aliphatic heterocycles. The van der Waals surface area contributed by atoms with E-state index in [1.165, 1.54) is 0 Å². The average Bonchev–Trinajstić information content (AvgIpc) is 3.11. The summed E-state index contributed by atoms with van der Waals surface area (Å²) in [5.41, 5.74) is 1.88.